The van der Waals surface area contributed by atoms with Crippen LogP contribution in [0, 0.1) is 5.92 Å². The molecule has 1 fully saturated rings. The molecule has 0 spiro atoms. The Morgan fingerprint density at radius 2 is 1.83 bits per heavy atom. The molecule has 0 bridgehead atoms. The highest BCUT2D eigenvalue weighted by Crippen LogP contribution is 2.29. The van der Waals surface area contributed by atoms with Gasteiger partial charge in [-0.1, -0.05) is 19.1 Å². The number of hydrogen-bond donors (Lipinski definition) is 0. The molecule has 0 aliphatic carbocycles. The average molecular weight is 269 g/mol. The lowest BCUT2D eigenvalue weighted by Crippen LogP contribution is -2.38. The van der Waals surface area contributed by atoms with Crippen LogP contribution < -0.4 is 4.74 Å². The molecule has 100 valence electrons. The summed E-state index contributed by atoms with van der Waals surface area (Å²) < 4.78 is 31.7. The Morgan fingerprint density at radius 3 is 2.44 bits per heavy atom. The second kappa shape index (κ2) is 5.28. The van der Waals surface area contributed by atoms with Crippen molar-refractivity contribution < 1.29 is 13.2 Å². The summed E-state index contributed by atoms with van der Waals surface area (Å²) in [7, 11) is -1.93. The third kappa shape index (κ3) is 2.52. The molecule has 0 amide bonds. The Hall–Kier alpha value is -1.07. The molecular weight excluding hydrogens is 250 g/mol. The highest BCUT2D eigenvalue weighted by atomic mass is 32.2. The summed E-state index contributed by atoms with van der Waals surface area (Å²) in [6.07, 6.45) is 1.85. The molecule has 18 heavy (non-hydrogen) atoms. The number of benzene rings is 1. The average Bonchev–Trinajstić information content (AvgIpc) is 2.39. The Labute approximate surface area is 109 Å². The summed E-state index contributed by atoms with van der Waals surface area (Å²) in [5, 5.41) is 0. The van der Waals surface area contributed by atoms with Gasteiger partial charge in [0.15, 0.2) is 0 Å². The lowest BCUT2D eigenvalue weighted by molar-refractivity contribution is 0.287. The van der Waals surface area contributed by atoms with Crippen LogP contribution in [-0.2, 0) is 10.0 Å². The van der Waals surface area contributed by atoms with E-state index >= 15 is 0 Å². The SMILES string of the molecule is COc1ccccc1S(=O)(=O)N1CCC(C)CC1. The minimum Gasteiger partial charge on any atom is -0.495 e. The second-order valence-corrected chi connectivity index (χ2v) is 6.64. The van der Waals surface area contributed by atoms with Crippen LogP contribution >= 0.6 is 0 Å². The minimum absolute atomic E-state index is 0.266. The first-order valence-electron chi connectivity index (χ1n) is 6.19. The smallest absolute Gasteiger partial charge is 0.246 e. The Balaban J connectivity index is 2.30. The number of para-hydroxylation sites is 1. The van der Waals surface area contributed by atoms with Crippen molar-refractivity contribution in [1.82, 2.24) is 4.31 Å². The van der Waals surface area contributed by atoms with Crippen molar-refractivity contribution in [2.24, 2.45) is 5.92 Å². The first-order chi connectivity index (χ1) is 8.55. The topological polar surface area (TPSA) is 46.6 Å². The van der Waals surface area contributed by atoms with E-state index in [9.17, 15) is 8.42 Å². The molecule has 1 aliphatic rings. The van der Waals surface area contributed by atoms with Crippen molar-refractivity contribution >= 4 is 10.0 Å². The predicted octanol–water partition coefficient (Wildman–Crippen LogP) is 2.12. The van der Waals surface area contributed by atoms with Gasteiger partial charge in [-0.3, -0.25) is 0 Å². The highest BCUT2D eigenvalue weighted by Gasteiger charge is 2.30. The number of sulfonamides is 1. The van der Waals surface area contributed by atoms with Crippen molar-refractivity contribution in [2.75, 3.05) is 20.2 Å². The molecule has 1 aromatic carbocycles. The van der Waals surface area contributed by atoms with Gasteiger partial charge in [0.1, 0.15) is 10.6 Å². The monoisotopic (exact) mass is 269 g/mol. The van der Waals surface area contributed by atoms with Crippen molar-refractivity contribution in [3.63, 3.8) is 0 Å². The summed E-state index contributed by atoms with van der Waals surface area (Å²) in [6.45, 7) is 3.36. The zero-order chi connectivity index (χ0) is 13.2. The molecule has 1 aliphatic heterocycles. The van der Waals surface area contributed by atoms with Gasteiger partial charge in [0, 0.05) is 13.1 Å². The van der Waals surface area contributed by atoms with Crippen LogP contribution in [0.15, 0.2) is 29.2 Å². The van der Waals surface area contributed by atoms with E-state index in [0.717, 1.165) is 12.8 Å². The largest absolute Gasteiger partial charge is 0.495 e. The first-order valence-corrected chi connectivity index (χ1v) is 7.63. The van der Waals surface area contributed by atoms with Crippen LogP contribution in [0.4, 0.5) is 0 Å². The summed E-state index contributed by atoms with van der Waals surface area (Å²) in [6, 6.07) is 6.78. The maximum absolute atomic E-state index is 12.5. The highest BCUT2D eigenvalue weighted by molar-refractivity contribution is 7.89. The molecule has 2 rings (SSSR count). The standard InChI is InChI=1S/C13H19NO3S/c1-11-7-9-14(10-8-11)18(15,16)13-6-4-3-5-12(13)17-2/h3-6,11H,7-10H2,1-2H3. The molecule has 5 heteroatoms. The normalized spacial score (nSPS) is 18.8. The van der Waals surface area contributed by atoms with Gasteiger partial charge < -0.3 is 4.74 Å². The fraction of sp³-hybridized carbons (Fsp3) is 0.538. The van der Waals surface area contributed by atoms with Crippen LogP contribution in [0.25, 0.3) is 0 Å². The van der Waals surface area contributed by atoms with Crippen LogP contribution in [0.1, 0.15) is 19.8 Å². The molecule has 0 unspecified atom stereocenters. The fourth-order valence-corrected chi connectivity index (χ4v) is 3.82. The molecule has 0 atom stereocenters. The Bertz CT molecular complexity index is 505. The molecule has 0 aromatic heterocycles. The maximum Gasteiger partial charge on any atom is 0.246 e. The molecule has 4 nitrogen and oxygen atoms in total. The maximum atomic E-state index is 12.5. The van der Waals surface area contributed by atoms with Gasteiger partial charge in [-0.25, -0.2) is 8.42 Å². The van der Waals surface area contributed by atoms with E-state index in [0.29, 0.717) is 24.8 Å². The van der Waals surface area contributed by atoms with Crippen molar-refractivity contribution in [1.29, 1.82) is 0 Å². The summed E-state index contributed by atoms with van der Waals surface area (Å²) in [5.74, 6) is 1.02. The lowest BCUT2D eigenvalue weighted by atomic mass is 10.0. The third-order valence-electron chi connectivity index (χ3n) is 3.43. The minimum atomic E-state index is -3.42. The Kier molecular flexibility index (Phi) is 3.92. The Morgan fingerprint density at radius 1 is 1.22 bits per heavy atom. The quantitative estimate of drug-likeness (QED) is 0.844. The molecule has 1 aromatic rings. The summed E-state index contributed by atoms with van der Waals surface area (Å²) in [4.78, 5) is 0.266. The van der Waals surface area contributed by atoms with Gasteiger partial charge in [0.2, 0.25) is 10.0 Å². The van der Waals surface area contributed by atoms with Crippen LogP contribution in [0.3, 0.4) is 0 Å². The molecule has 1 heterocycles. The van der Waals surface area contributed by atoms with Gasteiger partial charge in [-0.05, 0) is 30.9 Å². The van der Waals surface area contributed by atoms with E-state index in [2.05, 4.69) is 6.92 Å². The molecule has 0 N–H and O–H groups in total. The number of rotatable bonds is 3. The lowest BCUT2D eigenvalue weighted by Gasteiger charge is -2.29. The van der Waals surface area contributed by atoms with E-state index < -0.39 is 10.0 Å². The fourth-order valence-electron chi connectivity index (χ4n) is 2.20. The number of hydrogen-bond acceptors (Lipinski definition) is 3. The third-order valence-corrected chi connectivity index (χ3v) is 5.37. The second-order valence-electron chi connectivity index (χ2n) is 4.74. The molecule has 1 saturated heterocycles. The van der Waals surface area contributed by atoms with E-state index in [-0.39, 0.29) is 4.90 Å². The summed E-state index contributed by atoms with van der Waals surface area (Å²) in [5.41, 5.74) is 0. The van der Waals surface area contributed by atoms with Crippen LogP contribution in [-0.4, -0.2) is 32.9 Å². The summed E-state index contributed by atoms with van der Waals surface area (Å²) >= 11 is 0. The van der Waals surface area contributed by atoms with Crippen LogP contribution in [0.5, 0.6) is 5.75 Å². The molecular formula is C13H19NO3S. The van der Waals surface area contributed by atoms with E-state index in [1.165, 1.54) is 7.11 Å². The van der Waals surface area contributed by atoms with Gasteiger partial charge in [-0.15, -0.1) is 0 Å². The van der Waals surface area contributed by atoms with Crippen molar-refractivity contribution in [3.8, 4) is 5.75 Å². The first kappa shape index (κ1) is 13.4. The van der Waals surface area contributed by atoms with Gasteiger partial charge in [-0.2, -0.15) is 4.31 Å². The number of methoxy groups -OCH3 is 1. The van der Waals surface area contributed by atoms with Gasteiger partial charge >= 0.3 is 0 Å². The van der Waals surface area contributed by atoms with E-state index in [1.807, 2.05) is 0 Å². The number of ether oxygens (including phenoxy) is 1. The predicted molar refractivity (Wildman–Crippen MR) is 70.2 cm³/mol. The van der Waals surface area contributed by atoms with Crippen LogP contribution in [0.2, 0.25) is 0 Å². The van der Waals surface area contributed by atoms with E-state index in [4.69, 9.17) is 4.74 Å². The molecule has 0 radical (unpaired) electrons. The van der Waals surface area contributed by atoms with E-state index in [1.54, 1.807) is 28.6 Å². The van der Waals surface area contributed by atoms with Gasteiger partial charge in [0.25, 0.3) is 0 Å². The zero-order valence-corrected chi connectivity index (χ0v) is 11.6. The molecule has 0 saturated carbocycles. The van der Waals surface area contributed by atoms with Crippen molar-refractivity contribution in [3.05, 3.63) is 24.3 Å². The van der Waals surface area contributed by atoms with Crippen molar-refractivity contribution in [2.45, 2.75) is 24.7 Å². The van der Waals surface area contributed by atoms with Gasteiger partial charge in [0.05, 0.1) is 7.11 Å². The number of piperidine rings is 1. The zero-order valence-electron chi connectivity index (χ0n) is 10.8. The number of nitrogens with zero attached hydrogens (tertiary/aromatic N) is 1.